The predicted molar refractivity (Wildman–Crippen MR) is 73.5 cm³/mol. The van der Waals surface area contributed by atoms with E-state index in [-0.39, 0.29) is 6.04 Å². The van der Waals surface area contributed by atoms with Gasteiger partial charge in [0.05, 0.1) is 17.1 Å². The quantitative estimate of drug-likeness (QED) is 0.926. The fourth-order valence-electron chi connectivity index (χ4n) is 1.88. The second-order valence-corrected chi connectivity index (χ2v) is 4.94. The van der Waals surface area contributed by atoms with Crippen LogP contribution in [-0.4, -0.2) is 22.3 Å². The highest BCUT2D eigenvalue weighted by Gasteiger charge is 2.21. The molecule has 1 aliphatic rings. The summed E-state index contributed by atoms with van der Waals surface area (Å²) in [7, 11) is 0. The molecule has 0 amide bonds. The van der Waals surface area contributed by atoms with Gasteiger partial charge < -0.3 is 5.32 Å². The SMILES string of the molecule is Brc1cnc(C2=NCC(c3ccccc3)N2)nc1. The molecule has 0 aliphatic carbocycles. The second kappa shape index (κ2) is 4.86. The number of hydrogen-bond donors (Lipinski definition) is 1. The Balaban J connectivity index is 1.77. The van der Waals surface area contributed by atoms with Crippen molar-refractivity contribution in [2.75, 3.05) is 6.54 Å². The molecule has 0 spiro atoms. The first-order valence-corrected chi connectivity index (χ1v) is 6.46. The van der Waals surface area contributed by atoms with E-state index in [0.717, 1.165) is 16.9 Å². The first-order chi connectivity index (χ1) is 8.83. The number of nitrogens with one attached hydrogen (secondary N) is 1. The zero-order valence-corrected chi connectivity index (χ0v) is 11.1. The highest BCUT2D eigenvalue weighted by atomic mass is 79.9. The van der Waals surface area contributed by atoms with Gasteiger partial charge >= 0.3 is 0 Å². The van der Waals surface area contributed by atoms with E-state index < -0.39 is 0 Å². The number of nitrogens with zero attached hydrogens (tertiary/aromatic N) is 3. The lowest BCUT2D eigenvalue weighted by Gasteiger charge is -2.11. The molecule has 0 radical (unpaired) electrons. The van der Waals surface area contributed by atoms with Gasteiger partial charge in [0.2, 0.25) is 0 Å². The topological polar surface area (TPSA) is 50.2 Å². The third-order valence-corrected chi connectivity index (χ3v) is 3.19. The predicted octanol–water partition coefficient (Wildman–Crippen LogP) is 2.33. The van der Waals surface area contributed by atoms with Gasteiger partial charge in [0.25, 0.3) is 0 Å². The third kappa shape index (κ3) is 2.26. The first-order valence-electron chi connectivity index (χ1n) is 5.67. The van der Waals surface area contributed by atoms with Crippen molar-refractivity contribution in [1.82, 2.24) is 15.3 Å². The van der Waals surface area contributed by atoms with Crippen molar-refractivity contribution in [3.63, 3.8) is 0 Å². The maximum atomic E-state index is 4.46. The van der Waals surface area contributed by atoms with E-state index in [4.69, 9.17) is 0 Å². The molecule has 1 aliphatic heterocycles. The van der Waals surface area contributed by atoms with Crippen molar-refractivity contribution in [3.8, 4) is 0 Å². The van der Waals surface area contributed by atoms with Crippen LogP contribution < -0.4 is 5.32 Å². The van der Waals surface area contributed by atoms with Gasteiger partial charge in [-0.3, -0.25) is 4.99 Å². The van der Waals surface area contributed by atoms with Crippen LogP contribution >= 0.6 is 15.9 Å². The molecular weight excluding hydrogens is 292 g/mol. The minimum atomic E-state index is 0.216. The number of benzene rings is 1. The van der Waals surface area contributed by atoms with E-state index in [0.29, 0.717) is 5.82 Å². The Morgan fingerprint density at radius 3 is 2.56 bits per heavy atom. The van der Waals surface area contributed by atoms with Crippen LogP contribution in [0, 0.1) is 0 Å². The monoisotopic (exact) mass is 302 g/mol. The van der Waals surface area contributed by atoms with Crippen molar-refractivity contribution < 1.29 is 0 Å². The van der Waals surface area contributed by atoms with E-state index in [1.807, 2.05) is 18.2 Å². The van der Waals surface area contributed by atoms with Crippen LogP contribution in [0.15, 0.2) is 52.2 Å². The summed E-state index contributed by atoms with van der Waals surface area (Å²) in [6.45, 7) is 0.721. The first kappa shape index (κ1) is 11.3. The Kier molecular flexibility index (Phi) is 3.06. The number of amidine groups is 1. The second-order valence-electron chi connectivity index (χ2n) is 4.02. The summed E-state index contributed by atoms with van der Waals surface area (Å²) < 4.78 is 0.865. The maximum absolute atomic E-state index is 4.46. The van der Waals surface area contributed by atoms with E-state index in [1.54, 1.807) is 12.4 Å². The Morgan fingerprint density at radius 2 is 1.83 bits per heavy atom. The number of aliphatic imine (C=N–C) groups is 1. The minimum absolute atomic E-state index is 0.216. The minimum Gasteiger partial charge on any atom is -0.359 e. The van der Waals surface area contributed by atoms with Crippen molar-refractivity contribution in [3.05, 3.63) is 58.6 Å². The molecule has 5 heteroatoms. The molecule has 18 heavy (non-hydrogen) atoms. The van der Waals surface area contributed by atoms with Gasteiger partial charge in [-0.25, -0.2) is 9.97 Å². The lowest BCUT2D eigenvalue weighted by Crippen LogP contribution is -2.25. The van der Waals surface area contributed by atoms with Crippen LogP contribution in [0.25, 0.3) is 0 Å². The summed E-state index contributed by atoms with van der Waals surface area (Å²) in [5, 5.41) is 3.35. The number of hydrogen-bond acceptors (Lipinski definition) is 4. The van der Waals surface area contributed by atoms with Crippen LogP contribution in [0.2, 0.25) is 0 Å². The molecule has 1 N–H and O–H groups in total. The molecule has 90 valence electrons. The van der Waals surface area contributed by atoms with Gasteiger partial charge in [-0.1, -0.05) is 30.3 Å². The smallest absolute Gasteiger partial charge is 0.195 e. The third-order valence-electron chi connectivity index (χ3n) is 2.78. The zero-order valence-electron chi connectivity index (χ0n) is 9.55. The Morgan fingerprint density at radius 1 is 1.11 bits per heavy atom. The summed E-state index contributed by atoms with van der Waals surface area (Å²) in [6, 6.07) is 10.5. The number of halogens is 1. The van der Waals surface area contributed by atoms with Crippen LogP contribution in [0.1, 0.15) is 17.4 Å². The van der Waals surface area contributed by atoms with Gasteiger partial charge in [-0.15, -0.1) is 0 Å². The number of aromatic nitrogens is 2. The molecule has 3 rings (SSSR count). The molecular formula is C13H11BrN4. The largest absolute Gasteiger partial charge is 0.359 e. The molecule has 1 unspecified atom stereocenters. The van der Waals surface area contributed by atoms with Gasteiger partial charge in [0.15, 0.2) is 11.7 Å². The summed E-state index contributed by atoms with van der Waals surface area (Å²) in [5.74, 6) is 1.40. The van der Waals surface area contributed by atoms with Gasteiger partial charge in [0.1, 0.15) is 0 Å². The van der Waals surface area contributed by atoms with Crippen LogP contribution in [0.4, 0.5) is 0 Å². The van der Waals surface area contributed by atoms with Crippen molar-refractivity contribution in [2.24, 2.45) is 4.99 Å². The summed E-state index contributed by atoms with van der Waals surface area (Å²) >= 11 is 3.32. The van der Waals surface area contributed by atoms with Crippen LogP contribution in [-0.2, 0) is 0 Å². The molecule has 1 aromatic heterocycles. The average Bonchev–Trinajstić information content (AvgIpc) is 2.90. The van der Waals surface area contributed by atoms with Gasteiger partial charge in [-0.05, 0) is 21.5 Å². The molecule has 4 nitrogen and oxygen atoms in total. The fraction of sp³-hybridized carbons (Fsp3) is 0.154. The van der Waals surface area contributed by atoms with Crippen molar-refractivity contribution >= 4 is 21.8 Å². The molecule has 0 saturated carbocycles. The van der Waals surface area contributed by atoms with Crippen LogP contribution in [0.3, 0.4) is 0 Å². The molecule has 2 aromatic rings. The summed E-state index contributed by atoms with van der Waals surface area (Å²) in [5.41, 5.74) is 1.23. The summed E-state index contributed by atoms with van der Waals surface area (Å²) in [6.07, 6.45) is 3.45. The maximum Gasteiger partial charge on any atom is 0.195 e. The van der Waals surface area contributed by atoms with Gasteiger partial charge in [0, 0.05) is 12.4 Å². The lowest BCUT2D eigenvalue weighted by atomic mass is 10.1. The van der Waals surface area contributed by atoms with E-state index in [9.17, 15) is 0 Å². The van der Waals surface area contributed by atoms with E-state index in [2.05, 4.69) is 48.3 Å². The molecule has 2 heterocycles. The normalized spacial score (nSPS) is 18.3. The standard InChI is InChI=1S/C13H11BrN4/c14-10-6-15-12(16-7-10)13-17-8-11(18-13)9-4-2-1-3-5-9/h1-7,11H,8H2,(H,17,18). The Hall–Kier alpha value is -1.75. The van der Waals surface area contributed by atoms with Gasteiger partial charge in [-0.2, -0.15) is 0 Å². The number of rotatable bonds is 2. The highest BCUT2D eigenvalue weighted by Crippen LogP contribution is 2.18. The average molecular weight is 303 g/mol. The van der Waals surface area contributed by atoms with E-state index >= 15 is 0 Å². The molecule has 0 bridgehead atoms. The summed E-state index contributed by atoms with van der Waals surface area (Å²) in [4.78, 5) is 12.9. The lowest BCUT2D eigenvalue weighted by molar-refractivity contribution is 0.708. The van der Waals surface area contributed by atoms with E-state index in [1.165, 1.54) is 5.56 Å². The fourth-order valence-corrected chi connectivity index (χ4v) is 2.09. The highest BCUT2D eigenvalue weighted by molar-refractivity contribution is 9.10. The Labute approximate surface area is 113 Å². The molecule has 1 atom stereocenters. The van der Waals surface area contributed by atoms with Crippen molar-refractivity contribution in [1.29, 1.82) is 0 Å². The molecule has 0 fully saturated rings. The molecule has 1 aromatic carbocycles. The Bertz CT molecular complexity index is 565. The molecule has 0 saturated heterocycles. The van der Waals surface area contributed by atoms with Crippen LogP contribution in [0.5, 0.6) is 0 Å². The zero-order chi connectivity index (χ0) is 12.4. The van der Waals surface area contributed by atoms with Crippen molar-refractivity contribution in [2.45, 2.75) is 6.04 Å².